The molecule has 0 saturated carbocycles. The van der Waals surface area contributed by atoms with E-state index in [-0.39, 0.29) is 17.3 Å². The van der Waals surface area contributed by atoms with Crippen molar-refractivity contribution in [1.82, 2.24) is 19.6 Å². The fourth-order valence-corrected chi connectivity index (χ4v) is 2.74. The van der Waals surface area contributed by atoms with Crippen LogP contribution in [0.1, 0.15) is 5.56 Å². The smallest absolute Gasteiger partial charge is 0.388 e. The summed E-state index contributed by atoms with van der Waals surface area (Å²) in [6.07, 6.45) is 1.33. The number of nitrogens with one attached hydrogen (secondary N) is 1. The number of amides is 1. The van der Waals surface area contributed by atoms with Gasteiger partial charge in [-0.05, 0) is 36.4 Å². The highest BCUT2D eigenvalue weighted by Crippen LogP contribution is 2.20. The summed E-state index contributed by atoms with van der Waals surface area (Å²) < 4.78 is 20.3. The first-order chi connectivity index (χ1) is 14.5. The number of nitriles is 1. The number of aromatic nitrogens is 4. The predicted molar refractivity (Wildman–Crippen MR) is 103 cm³/mol. The third-order valence-electron chi connectivity index (χ3n) is 4.14. The molecule has 2 heterocycles. The predicted octanol–water partition coefficient (Wildman–Crippen LogP) is 2.34. The maximum atomic E-state index is 13.1. The molecule has 0 bridgehead atoms. The average Bonchev–Trinajstić information content (AvgIpc) is 3.32. The molecule has 1 N–H and O–H groups in total. The molecule has 148 valence electrons. The molecule has 0 radical (unpaired) electrons. The van der Waals surface area contributed by atoms with Crippen molar-refractivity contribution in [3.8, 4) is 23.2 Å². The van der Waals surface area contributed by atoms with Crippen LogP contribution in [0, 0.1) is 17.1 Å². The van der Waals surface area contributed by atoms with E-state index in [2.05, 4.69) is 15.5 Å². The van der Waals surface area contributed by atoms with Crippen molar-refractivity contribution in [3.05, 3.63) is 82.7 Å². The molecule has 0 saturated heterocycles. The van der Waals surface area contributed by atoms with Gasteiger partial charge in [-0.2, -0.15) is 15.0 Å². The molecule has 0 aliphatic carbocycles. The normalized spacial score (nSPS) is 10.5. The maximum absolute atomic E-state index is 13.1. The second-order valence-electron chi connectivity index (χ2n) is 6.15. The van der Waals surface area contributed by atoms with E-state index in [1.165, 1.54) is 35.1 Å². The molecule has 0 aliphatic rings. The summed E-state index contributed by atoms with van der Waals surface area (Å²) in [6.45, 7) is -0.450. The topological polar surface area (TPSA) is 119 Å². The van der Waals surface area contributed by atoms with Crippen LogP contribution in [0.4, 0.5) is 10.2 Å². The Morgan fingerprint density at radius 2 is 1.90 bits per heavy atom. The first-order valence-corrected chi connectivity index (χ1v) is 8.72. The number of nitrogens with zero attached hydrogens (tertiary/aromatic N) is 5. The zero-order valence-corrected chi connectivity index (χ0v) is 15.3. The van der Waals surface area contributed by atoms with Gasteiger partial charge >= 0.3 is 5.76 Å². The van der Waals surface area contributed by atoms with Crippen LogP contribution >= 0.6 is 0 Å². The Morgan fingerprint density at radius 3 is 2.60 bits per heavy atom. The summed E-state index contributed by atoms with van der Waals surface area (Å²) >= 11 is 0. The molecule has 0 atom stereocenters. The Balaban J connectivity index is 1.57. The number of benzene rings is 2. The fraction of sp³-hybridized carbons (Fsp3) is 0.0500. The molecular formula is C20H13FN6O3. The molecule has 4 aromatic rings. The zero-order chi connectivity index (χ0) is 21.1. The van der Waals surface area contributed by atoms with Crippen molar-refractivity contribution in [2.45, 2.75) is 6.54 Å². The third-order valence-corrected chi connectivity index (χ3v) is 4.14. The Bertz CT molecular complexity index is 1300. The van der Waals surface area contributed by atoms with E-state index in [0.29, 0.717) is 11.3 Å². The van der Waals surface area contributed by atoms with E-state index in [4.69, 9.17) is 4.42 Å². The van der Waals surface area contributed by atoms with Crippen LogP contribution < -0.4 is 11.1 Å². The highest BCUT2D eigenvalue weighted by molar-refractivity contribution is 5.91. The first kappa shape index (κ1) is 18.8. The molecular weight excluding hydrogens is 391 g/mol. The monoisotopic (exact) mass is 404 g/mol. The van der Waals surface area contributed by atoms with E-state index < -0.39 is 24.0 Å². The SMILES string of the molecule is N#Cc1cnn(-c2ccccc2)c1NC(=O)Cn1nc(-c2ccc(F)cc2)oc1=O. The van der Waals surface area contributed by atoms with Crippen LogP contribution in [0.5, 0.6) is 0 Å². The van der Waals surface area contributed by atoms with E-state index in [9.17, 15) is 19.2 Å². The van der Waals surface area contributed by atoms with Gasteiger partial charge in [0, 0.05) is 5.56 Å². The zero-order valence-electron chi connectivity index (χ0n) is 15.3. The van der Waals surface area contributed by atoms with Crippen molar-refractivity contribution in [2.75, 3.05) is 5.32 Å². The van der Waals surface area contributed by atoms with Gasteiger partial charge in [0.2, 0.25) is 11.8 Å². The second-order valence-corrected chi connectivity index (χ2v) is 6.15. The molecule has 0 unspecified atom stereocenters. The van der Waals surface area contributed by atoms with Crippen LogP contribution in [0.3, 0.4) is 0 Å². The van der Waals surface area contributed by atoms with Crippen molar-refractivity contribution in [1.29, 1.82) is 5.26 Å². The number of carbonyl (C=O) groups is 1. The van der Waals surface area contributed by atoms with Gasteiger partial charge in [-0.25, -0.2) is 13.9 Å². The van der Waals surface area contributed by atoms with Crippen molar-refractivity contribution in [3.63, 3.8) is 0 Å². The van der Waals surface area contributed by atoms with Gasteiger partial charge < -0.3 is 9.73 Å². The minimum atomic E-state index is -0.846. The molecule has 2 aromatic heterocycles. The van der Waals surface area contributed by atoms with Crippen LogP contribution in [0.15, 0.2) is 70.0 Å². The van der Waals surface area contributed by atoms with E-state index in [1.807, 2.05) is 12.1 Å². The van der Waals surface area contributed by atoms with Gasteiger partial charge in [0.25, 0.3) is 0 Å². The maximum Gasteiger partial charge on any atom is 0.437 e. The van der Waals surface area contributed by atoms with Crippen LogP contribution in [0.25, 0.3) is 17.1 Å². The summed E-state index contributed by atoms with van der Waals surface area (Å²) in [4.78, 5) is 24.6. The molecule has 0 aliphatic heterocycles. The Hall–Kier alpha value is -4.52. The number of anilines is 1. The Morgan fingerprint density at radius 1 is 1.17 bits per heavy atom. The Kier molecular flexibility index (Phi) is 4.92. The number of hydrogen-bond donors (Lipinski definition) is 1. The van der Waals surface area contributed by atoms with Gasteiger partial charge in [0.15, 0.2) is 5.82 Å². The Labute approximate surface area is 168 Å². The van der Waals surface area contributed by atoms with Gasteiger partial charge in [-0.1, -0.05) is 18.2 Å². The second kappa shape index (κ2) is 7.84. The minimum Gasteiger partial charge on any atom is -0.388 e. The summed E-state index contributed by atoms with van der Waals surface area (Å²) in [7, 11) is 0. The number of halogens is 1. The van der Waals surface area contributed by atoms with E-state index >= 15 is 0 Å². The van der Waals surface area contributed by atoms with Gasteiger partial charge in [-0.15, -0.1) is 5.10 Å². The van der Waals surface area contributed by atoms with E-state index in [1.54, 1.807) is 24.3 Å². The summed E-state index contributed by atoms with van der Waals surface area (Å²) in [5.74, 6) is -1.76. The number of para-hydroxylation sites is 1. The molecule has 9 nitrogen and oxygen atoms in total. The molecule has 10 heteroatoms. The van der Waals surface area contributed by atoms with Crippen LogP contribution in [-0.4, -0.2) is 25.5 Å². The molecule has 4 rings (SSSR count). The van der Waals surface area contributed by atoms with Crippen LogP contribution in [0.2, 0.25) is 0 Å². The van der Waals surface area contributed by atoms with Gasteiger partial charge in [0.05, 0.1) is 11.9 Å². The standard InChI is InChI=1S/C20H13FN6O3/c21-15-8-6-13(7-9-15)19-25-26(20(29)30-19)12-17(28)24-18-14(10-22)11-23-27(18)16-4-2-1-3-5-16/h1-9,11H,12H2,(H,24,28). The lowest BCUT2D eigenvalue weighted by molar-refractivity contribution is -0.117. The molecule has 0 fully saturated rings. The van der Waals surface area contributed by atoms with Crippen molar-refractivity contribution >= 4 is 11.7 Å². The number of hydrogen-bond acceptors (Lipinski definition) is 6. The van der Waals surface area contributed by atoms with Gasteiger partial charge in [0.1, 0.15) is 24.0 Å². The van der Waals surface area contributed by atoms with Crippen molar-refractivity contribution < 1.29 is 13.6 Å². The first-order valence-electron chi connectivity index (χ1n) is 8.72. The number of rotatable bonds is 5. The largest absolute Gasteiger partial charge is 0.437 e. The fourth-order valence-electron chi connectivity index (χ4n) is 2.74. The lowest BCUT2D eigenvalue weighted by atomic mass is 10.2. The molecule has 2 aromatic carbocycles. The molecule has 1 amide bonds. The summed E-state index contributed by atoms with van der Waals surface area (Å²) in [5.41, 5.74) is 1.19. The van der Waals surface area contributed by atoms with Gasteiger partial charge in [-0.3, -0.25) is 4.79 Å². The minimum absolute atomic E-state index is 0.0418. The quantitative estimate of drug-likeness (QED) is 0.545. The highest BCUT2D eigenvalue weighted by atomic mass is 19.1. The lowest BCUT2D eigenvalue weighted by Crippen LogP contribution is -2.27. The van der Waals surface area contributed by atoms with Crippen LogP contribution in [-0.2, 0) is 11.3 Å². The molecule has 30 heavy (non-hydrogen) atoms. The molecule has 0 spiro atoms. The third kappa shape index (κ3) is 3.72. The summed E-state index contributed by atoms with van der Waals surface area (Å²) in [5, 5.41) is 20.0. The van der Waals surface area contributed by atoms with Crippen molar-refractivity contribution in [2.24, 2.45) is 0 Å². The lowest BCUT2D eigenvalue weighted by Gasteiger charge is -2.09. The average molecular weight is 404 g/mol. The highest BCUT2D eigenvalue weighted by Gasteiger charge is 2.18. The summed E-state index contributed by atoms with van der Waals surface area (Å²) in [6, 6.07) is 16.1. The number of carbonyl (C=O) groups excluding carboxylic acids is 1. The van der Waals surface area contributed by atoms with E-state index in [0.717, 1.165) is 4.68 Å².